The Bertz CT molecular complexity index is 906. The average molecular weight is 528 g/mol. The van der Waals surface area contributed by atoms with Crippen molar-refractivity contribution in [3.8, 4) is 5.75 Å². The maximum absolute atomic E-state index is 14.3. The van der Waals surface area contributed by atoms with Gasteiger partial charge in [0.25, 0.3) is 5.69 Å². The molecule has 7 nitrogen and oxygen atoms in total. The molecule has 0 spiro atoms. The predicted molar refractivity (Wildman–Crippen MR) is 125 cm³/mol. The molecule has 0 bridgehead atoms. The van der Waals surface area contributed by atoms with Crippen LogP contribution in [0.25, 0.3) is 0 Å². The third-order valence-electron chi connectivity index (χ3n) is 4.79. The second-order valence-corrected chi connectivity index (χ2v) is 7.16. The van der Waals surface area contributed by atoms with Gasteiger partial charge in [0.15, 0.2) is 17.5 Å². The van der Waals surface area contributed by atoms with Crippen molar-refractivity contribution in [2.45, 2.75) is 32.4 Å². The molecule has 0 aliphatic heterocycles. The third kappa shape index (κ3) is 6.82. The number of benzene rings is 2. The van der Waals surface area contributed by atoms with Gasteiger partial charge in [0.05, 0.1) is 17.6 Å². The Labute approximate surface area is 192 Å². The largest absolute Gasteiger partial charge is 0.490 e. The first kappa shape index (κ1) is 23.8. The summed E-state index contributed by atoms with van der Waals surface area (Å²) in [5, 5.41) is 17.2. The normalized spacial score (nSPS) is 14.4. The number of nitro groups is 1. The quantitative estimate of drug-likeness (QED) is 0.172. The molecular formula is C21H26FIN4O3. The third-order valence-corrected chi connectivity index (χ3v) is 4.79. The van der Waals surface area contributed by atoms with Crippen LogP contribution in [0.4, 0.5) is 10.1 Å². The summed E-state index contributed by atoms with van der Waals surface area (Å²) in [6, 6.07) is 11.2. The first-order chi connectivity index (χ1) is 14.0. The summed E-state index contributed by atoms with van der Waals surface area (Å²) in [6.45, 7) is 2.84. The number of nitro benzene ring substituents is 1. The van der Waals surface area contributed by atoms with Gasteiger partial charge in [-0.1, -0.05) is 18.2 Å². The molecule has 0 heterocycles. The van der Waals surface area contributed by atoms with E-state index in [9.17, 15) is 14.5 Å². The second-order valence-electron chi connectivity index (χ2n) is 7.16. The van der Waals surface area contributed by atoms with E-state index >= 15 is 0 Å². The van der Waals surface area contributed by atoms with Crippen LogP contribution >= 0.6 is 24.0 Å². The molecule has 2 aromatic rings. The van der Waals surface area contributed by atoms with Gasteiger partial charge in [-0.25, -0.2) is 4.39 Å². The highest BCUT2D eigenvalue weighted by atomic mass is 127. The lowest BCUT2D eigenvalue weighted by Crippen LogP contribution is -2.38. The van der Waals surface area contributed by atoms with E-state index in [4.69, 9.17) is 4.74 Å². The molecule has 1 aliphatic rings. The fourth-order valence-corrected chi connectivity index (χ4v) is 2.84. The molecule has 1 unspecified atom stereocenters. The van der Waals surface area contributed by atoms with Crippen molar-refractivity contribution in [1.82, 2.24) is 10.6 Å². The van der Waals surface area contributed by atoms with Crippen LogP contribution in [-0.2, 0) is 6.54 Å². The van der Waals surface area contributed by atoms with Crippen LogP contribution in [0.15, 0.2) is 47.5 Å². The summed E-state index contributed by atoms with van der Waals surface area (Å²) >= 11 is 0. The summed E-state index contributed by atoms with van der Waals surface area (Å²) in [7, 11) is 1.63. The Balaban J connectivity index is 0.00000320. The van der Waals surface area contributed by atoms with E-state index in [1.54, 1.807) is 25.2 Å². The molecule has 2 aromatic carbocycles. The lowest BCUT2D eigenvalue weighted by atomic mass is 10.1. The molecule has 1 atom stereocenters. The van der Waals surface area contributed by atoms with E-state index in [1.807, 2.05) is 13.0 Å². The van der Waals surface area contributed by atoms with Crippen molar-refractivity contribution >= 4 is 35.6 Å². The standard InChI is InChI=1S/C21H25FN4O3.HI/c1-14(17-8-9-20(19(22)11-17)29-13-15-6-7-15)25-21(23-2)24-12-16-4-3-5-18(10-16)26(27)28;/h3-5,8-11,14-15H,6-7,12-13H2,1-2H3,(H2,23,24,25);1H. The Hall–Kier alpha value is -2.43. The number of hydrogen-bond acceptors (Lipinski definition) is 4. The van der Waals surface area contributed by atoms with Gasteiger partial charge in [-0.15, -0.1) is 24.0 Å². The summed E-state index contributed by atoms with van der Waals surface area (Å²) in [4.78, 5) is 14.6. The molecule has 1 fully saturated rings. The molecule has 1 aliphatic carbocycles. The van der Waals surface area contributed by atoms with Gasteiger partial charge in [-0.05, 0) is 48.9 Å². The second kappa shape index (κ2) is 11.1. The monoisotopic (exact) mass is 528 g/mol. The zero-order chi connectivity index (χ0) is 20.8. The van der Waals surface area contributed by atoms with Crippen molar-refractivity contribution < 1.29 is 14.1 Å². The van der Waals surface area contributed by atoms with Gasteiger partial charge < -0.3 is 15.4 Å². The van der Waals surface area contributed by atoms with E-state index in [-0.39, 0.29) is 47.3 Å². The van der Waals surface area contributed by atoms with Crippen molar-refractivity contribution in [2.75, 3.05) is 13.7 Å². The minimum absolute atomic E-state index is 0. The number of ether oxygens (including phenoxy) is 1. The molecule has 0 amide bonds. The molecule has 2 N–H and O–H groups in total. The van der Waals surface area contributed by atoms with Crippen LogP contribution in [0.3, 0.4) is 0 Å². The fraction of sp³-hybridized carbons (Fsp3) is 0.381. The number of non-ortho nitro benzene ring substituents is 1. The highest BCUT2D eigenvalue weighted by Crippen LogP contribution is 2.30. The van der Waals surface area contributed by atoms with Crippen molar-refractivity contribution in [3.63, 3.8) is 0 Å². The van der Waals surface area contributed by atoms with Crippen LogP contribution < -0.4 is 15.4 Å². The van der Waals surface area contributed by atoms with Crippen LogP contribution in [-0.4, -0.2) is 24.5 Å². The SMILES string of the molecule is CN=C(NCc1cccc([N+](=O)[O-])c1)NC(C)c1ccc(OCC2CC2)c(F)c1.I. The van der Waals surface area contributed by atoms with Crippen LogP contribution in [0.2, 0.25) is 0 Å². The van der Waals surface area contributed by atoms with Crippen LogP contribution in [0.1, 0.15) is 36.9 Å². The predicted octanol–water partition coefficient (Wildman–Crippen LogP) is 4.57. The minimum Gasteiger partial charge on any atom is -0.490 e. The smallest absolute Gasteiger partial charge is 0.269 e. The lowest BCUT2D eigenvalue weighted by molar-refractivity contribution is -0.384. The molecule has 1 saturated carbocycles. The zero-order valence-electron chi connectivity index (χ0n) is 16.9. The van der Waals surface area contributed by atoms with E-state index in [0.29, 0.717) is 25.0 Å². The number of hydrogen-bond donors (Lipinski definition) is 2. The van der Waals surface area contributed by atoms with Crippen LogP contribution in [0.5, 0.6) is 5.75 Å². The Morgan fingerprint density at radius 2 is 2.10 bits per heavy atom. The highest BCUT2D eigenvalue weighted by molar-refractivity contribution is 14.0. The van der Waals surface area contributed by atoms with Gasteiger partial charge in [0, 0.05) is 25.7 Å². The molecular weight excluding hydrogens is 502 g/mol. The van der Waals surface area contributed by atoms with Crippen molar-refractivity contribution in [1.29, 1.82) is 0 Å². The van der Waals surface area contributed by atoms with Gasteiger partial charge >= 0.3 is 0 Å². The Morgan fingerprint density at radius 3 is 2.73 bits per heavy atom. The average Bonchev–Trinajstić information content (AvgIpc) is 3.54. The minimum atomic E-state index is -0.425. The summed E-state index contributed by atoms with van der Waals surface area (Å²) in [6.07, 6.45) is 2.31. The van der Waals surface area contributed by atoms with Gasteiger partial charge in [-0.2, -0.15) is 0 Å². The number of nitrogens with one attached hydrogen (secondary N) is 2. The maximum Gasteiger partial charge on any atom is 0.269 e. The van der Waals surface area contributed by atoms with E-state index in [2.05, 4.69) is 15.6 Å². The molecule has 9 heteroatoms. The summed E-state index contributed by atoms with van der Waals surface area (Å²) in [5.74, 6) is 0.978. The molecule has 3 rings (SSSR count). The molecule has 0 saturated heterocycles. The number of rotatable bonds is 8. The molecule has 30 heavy (non-hydrogen) atoms. The number of aliphatic imine (C=N–C) groups is 1. The van der Waals surface area contributed by atoms with E-state index in [0.717, 1.165) is 24.0 Å². The first-order valence-corrected chi connectivity index (χ1v) is 9.59. The topological polar surface area (TPSA) is 88.8 Å². The van der Waals surface area contributed by atoms with Crippen LogP contribution in [0, 0.1) is 21.8 Å². The highest BCUT2D eigenvalue weighted by Gasteiger charge is 2.22. The number of guanidine groups is 1. The number of nitrogens with zero attached hydrogens (tertiary/aromatic N) is 2. The van der Waals surface area contributed by atoms with Crippen molar-refractivity contribution in [3.05, 3.63) is 69.5 Å². The maximum atomic E-state index is 14.3. The van der Waals surface area contributed by atoms with Crippen molar-refractivity contribution in [2.24, 2.45) is 10.9 Å². The number of halogens is 2. The summed E-state index contributed by atoms with van der Waals surface area (Å²) < 4.78 is 19.9. The Morgan fingerprint density at radius 1 is 1.33 bits per heavy atom. The zero-order valence-corrected chi connectivity index (χ0v) is 19.3. The summed E-state index contributed by atoms with van der Waals surface area (Å²) in [5.41, 5.74) is 1.57. The van der Waals surface area contributed by atoms with E-state index in [1.165, 1.54) is 18.2 Å². The van der Waals surface area contributed by atoms with Gasteiger partial charge in [0.1, 0.15) is 0 Å². The lowest BCUT2D eigenvalue weighted by Gasteiger charge is -2.19. The van der Waals surface area contributed by atoms with Gasteiger partial charge in [-0.3, -0.25) is 15.1 Å². The van der Waals surface area contributed by atoms with Gasteiger partial charge in [0.2, 0.25) is 0 Å². The van der Waals surface area contributed by atoms with E-state index < -0.39 is 4.92 Å². The molecule has 162 valence electrons. The Kier molecular flexibility index (Phi) is 8.82. The molecule has 0 aromatic heterocycles. The molecule has 0 radical (unpaired) electrons. The first-order valence-electron chi connectivity index (χ1n) is 9.59. The fourth-order valence-electron chi connectivity index (χ4n) is 2.84.